The number of rotatable bonds is 1. The van der Waals surface area contributed by atoms with Crippen molar-refractivity contribution in [2.75, 3.05) is 25.4 Å². The third-order valence-corrected chi connectivity index (χ3v) is 3.65. The molecule has 98 valence electrons. The molecule has 1 aliphatic rings. The Morgan fingerprint density at radius 2 is 2.22 bits per heavy atom. The quantitative estimate of drug-likeness (QED) is 0.808. The van der Waals surface area contributed by atoms with E-state index in [2.05, 4.69) is 0 Å². The van der Waals surface area contributed by atoms with Crippen LogP contribution in [0.3, 0.4) is 0 Å². The molecule has 1 saturated heterocycles. The van der Waals surface area contributed by atoms with Gasteiger partial charge in [-0.15, -0.1) is 0 Å². The number of carbonyl (C=O) groups excluding carboxylic acids is 1. The van der Waals surface area contributed by atoms with Gasteiger partial charge in [-0.25, -0.2) is 0 Å². The number of carbonyl (C=O) groups is 1. The van der Waals surface area contributed by atoms with Crippen LogP contribution in [0.15, 0.2) is 12.1 Å². The zero-order valence-corrected chi connectivity index (χ0v) is 11.5. The molecule has 0 aromatic heterocycles. The van der Waals surface area contributed by atoms with Gasteiger partial charge in [0.15, 0.2) is 0 Å². The third kappa shape index (κ3) is 2.71. The lowest BCUT2D eigenvalue weighted by molar-refractivity contribution is -0.0124. The van der Waals surface area contributed by atoms with E-state index in [9.17, 15) is 4.79 Å². The SMILES string of the molecule is CC1CN(C(=O)c2cc(N)c(Cl)c(Cl)c2)CCO1. The minimum absolute atomic E-state index is 0.0443. The van der Waals surface area contributed by atoms with E-state index in [0.717, 1.165) is 0 Å². The lowest BCUT2D eigenvalue weighted by Gasteiger charge is -2.31. The Hall–Kier alpha value is -0.970. The molecular weight excluding hydrogens is 275 g/mol. The van der Waals surface area contributed by atoms with Gasteiger partial charge in [0, 0.05) is 18.7 Å². The van der Waals surface area contributed by atoms with Gasteiger partial charge in [0.25, 0.3) is 5.91 Å². The molecule has 1 aliphatic heterocycles. The fourth-order valence-electron chi connectivity index (χ4n) is 1.92. The Bertz CT molecular complexity index is 456. The Morgan fingerprint density at radius 3 is 2.83 bits per heavy atom. The molecule has 2 N–H and O–H groups in total. The topological polar surface area (TPSA) is 55.6 Å². The summed E-state index contributed by atoms with van der Waals surface area (Å²) in [5, 5.41) is 0.574. The van der Waals surface area contributed by atoms with Crippen LogP contribution in [-0.2, 0) is 4.74 Å². The van der Waals surface area contributed by atoms with Crippen molar-refractivity contribution in [2.24, 2.45) is 0 Å². The highest BCUT2D eigenvalue weighted by Crippen LogP contribution is 2.30. The lowest BCUT2D eigenvalue weighted by Crippen LogP contribution is -2.44. The molecule has 1 heterocycles. The molecule has 0 aliphatic carbocycles. The van der Waals surface area contributed by atoms with E-state index < -0.39 is 0 Å². The molecule has 1 atom stereocenters. The first-order chi connectivity index (χ1) is 8.49. The van der Waals surface area contributed by atoms with Gasteiger partial charge >= 0.3 is 0 Å². The summed E-state index contributed by atoms with van der Waals surface area (Å²) in [5.74, 6) is -0.101. The van der Waals surface area contributed by atoms with Gasteiger partial charge in [-0.05, 0) is 19.1 Å². The monoisotopic (exact) mass is 288 g/mol. The zero-order chi connectivity index (χ0) is 13.3. The van der Waals surface area contributed by atoms with Gasteiger partial charge in [-0.3, -0.25) is 4.79 Å². The first-order valence-electron chi connectivity index (χ1n) is 5.64. The molecular formula is C12H14Cl2N2O2. The van der Waals surface area contributed by atoms with Crippen LogP contribution >= 0.6 is 23.2 Å². The van der Waals surface area contributed by atoms with Crippen LogP contribution in [0.1, 0.15) is 17.3 Å². The molecule has 18 heavy (non-hydrogen) atoms. The van der Waals surface area contributed by atoms with Crippen molar-refractivity contribution in [1.82, 2.24) is 4.90 Å². The number of nitrogens with zero attached hydrogens (tertiary/aromatic N) is 1. The number of halogens is 2. The highest BCUT2D eigenvalue weighted by molar-refractivity contribution is 6.43. The van der Waals surface area contributed by atoms with Crippen molar-refractivity contribution in [1.29, 1.82) is 0 Å². The van der Waals surface area contributed by atoms with Crippen LogP contribution in [-0.4, -0.2) is 36.6 Å². The highest BCUT2D eigenvalue weighted by atomic mass is 35.5. The van der Waals surface area contributed by atoms with Crippen molar-refractivity contribution in [2.45, 2.75) is 13.0 Å². The number of morpholine rings is 1. The van der Waals surface area contributed by atoms with Gasteiger partial charge < -0.3 is 15.4 Å². The molecule has 0 spiro atoms. The van der Waals surface area contributed by atoms with Crippen LogP contribution in [0.25, 0.3) is 0 Å². The smallest absolute Gasteiger partial charge is 0.254 e. The molecule has 0 bridgehead atoms. The number of nitrogens with two attached hydrogens (primary N) is 1. The number of amides is 1. The first-order valence-corrected chi connectivity index (χ1v) is 6.40. The van der Waals surface area contributed by atoms with Crippen molar-refractivity contribution in [3.05, 3.63) is 27.7 Å². The zero-order valence-electron chi connectivity index (χ0n) is 9.95. The second-order valence-corrected chi connectivity index (χ2v) is 5.08. The molecule has 4 nitrogen and oxygen atoms in total. The van der Waals surface area contributed by atoms with Crippen LogP contribution in [0.5, 0.6) is 0 Å². The molecule has 2 rings (SSSR count). The number of hydrogen-bond donors (Lipinski definition) is 1. The van der Waals surface area contributed by atoms with E-state index in [4.69, 9.17) is 33.7 Å². The van der Waals surface area contributed by atoms with E-state index in [1.54, 1.807) is 17.0 Å². The minimum Gasteiger partial charge on any atom is -0.397 e. The normalized spacial score (nSPS) is 19.9. The number of benzene rings is 1. The third-order valence-electron chi connectivity index (χ3n) is 2.83. The largest absolute Gasteiger partial charge is 0.397 e. The van der Waals surface area contributed by atoms with E-state index >= 15 is 0 Å². The predicted octanol–water partition coefficient (Wildman–Crippen LogP) is 2.44. The van der Waals surface area contributed by atoms with E-state index in [0.29, 0.717) is 36.0 Å². The Balaban J connectivity index is 2.23. The maximum Gasteiger partial charge on any atom is 0.254 e. The second-order valence-electron chi connectivity index (χ2n) is 4.29. The number of anilines is 1. The predicted molar refractivity (Wildman–Crippen MR) is 72.2 cm³/mol. The summed E-state index contributed by atoms with van der Waals surface area (Å²) >= 11 is 11.8. The molecule has 1 fully saturated rings. The maximum atomic E-state index is 12.3. The fourth-order valence-corrected chi connectivity index (χ4v) is 2.26. The van der Waals surface area contributed by atoms with Crippen LogP contribution in [0, 0.1) is 0 Å². The van der Waals surface area contributed by atoms with Crippen molar-refractivity contribution < 1.29 is 9.53 Å². The van der Waals surface area contributed by atoms with Gasteiger partial charge in [0.05, 0.1) is 28.4 Å². The molecule has 6 heteroatoms. The van der Waals surface area contributed by atoms with Gasteiger partial charge in [0.2, 0.25) is 0 Å². The van der Waals surface area contributed by atoms with E-state index in [1.165, 1.54) is 0 Å². The number of hydrogen-bond acceptors (Lipinski definition) is 3. The molecule has 0 radical (unpaired) electrons. The van der Waals surface area contributed by atoms with Crippen LogP contribution < -0.4 is 5.73 Å². The molecule has 1 aromatic rings. The number of nitrogen functional groups attached to an aromatic ring is 1. The fraction of sp³-hybridized carbons (Fsp3) is 0.417. The minimum atomic E-state index is -0.101. The van der Waals surface area contributed by atoms with E-state index in [-0.39, 0.29) is 17.0 Å². The first kappa shape index (κ1) is 13.5. The van der Waals surface area contributed by atoms with Crippen LogP contribution in [0.2, 0.25) is 10.0 Å². The van der Waals surface area contributed by atoms with Crippen molar-refractivity contribution >= 4 is 34.8 Å². The molecule has 1 unspecified atom stereocenters. The summed E-state index contributed by atoms with van der Waals surface area (Å²) in [5.41, 5.74) is 6.47. The van der Waals surface area contributed by atoms with Gasteiger partial charge in [-0.1, -0.05) is 23.2 Å². The standard InChI is InChI=1S/C12H14Cl2N2O2/c1-7-6-16(2-3-18-7)12(17)8-4-9(13)11(14)10(15)5-8/h4-5,7H,2-3,6,15H2,1H3. The van der Waals surface area contributed by atoms with Crippen molar-refractivity contribution in [3.63, 3.8) is 0 Å². The average Bonchev–Trinajstić information content (AvgIpc) is 2.34. The Labute approximate surface area is 116 Å². The van der Waals surface area contributed by atoms with Gasteiger partial charge in [0.1, 0.15) is 0 Å². The second kappa shape index (κ2) is 5.34. The summed E-state index contributed by atoms with van der Waals surface area (Å²) in [6.45, 7) is 3.62. The van der Waals surface area contributed by atoms with Crippen LogP contribution in [0.4, 0.5) is 5.69 Å². The number of ether oxygens (including phenoxy) is 1. The summed E-state index contributed by atoms with van der Waals surface area (Å²) in [4.78, 5) is 14.0. The lowest BCUT2D eigenvalue weighted by atomic mass is 10.1. The summed E-state index contributed by atoms with van der Waals surface area (Å²) in [6.07, 6.45) is 0.0443. The molecule has 1 amide bonds. The molecule has 1 aromatic carbocycles. The summed E-state index contributed by atoms with van der Waals surface area (Å²) < 4.78 is 5.39. The summed E-state index contributed by atoms with van der Waals surface area (Å²) in [7, 11) is 0. The summed E-state index contributed by atoms with van der Waals surface area (Å²) in [6, 6.07) is 3.10. The maximum absolute atomic E-state index is 12.3. The van der Waals surface area contributed by atoms with E-state index in [1.807, 2.05) is 6.92 Å². The Kier molecular flexibility index (Phi) is 4.00. The molecule has 0 saturated carbocycles. The highest BCUT2D eigenvalue weighted by Gasteiger charge is 2.23. The average molecular weight is 289 g/mol. The Morgan fingerprint density at radius 1 is 1.50 bits per heavy atom. The van der Waals surface area contributed by atoms with Crippen molar-refractivity contribution in [3.8, 4) is 0 Å². The van der Waals surface area contributed by atoms with Gasteiger partial charge in [-0.2, -0.15) is 0 Å².